The van der Waals surface area contributed by atoms with Crippen LogP contribution in [0.25, 0.3) is 0 Å². The van der Waals surface area contributed by atoms with E-state index in [1.54, 1.807) is 0 Å². The van der Waals surface area contributed by atoms with Crippen molar-refractivity contribution in [1.82, 2.24) is 4.98 Å². The van der Waals surface area contributed by atoms with Gasteiger partial charge in [0.15, 0.2) is 0 Å². The standard InChI is InChI=1S/C8H10FNO/c1-3-7-8(11-2)4-6(9)5-10-7/h4-5H,3H2,1-2H3. The van der Waals surface area contributed by atoms with Crippen molar-refractivity contribution in [2.75, 3.05) is 7.11 Å². The average Bonchev–Trinajstić information content (AvgIpc) is 2.04. The van der Waals surface area contributed by atoms with Gasteiger partial charge in [-0.15, -0.1) is 0 Å². The number of nitrogens with zero attached hydrogens (tertiary/aromatic N) is 1. The normalized spacial score (nSPS) is 9.73. The van der Waals surface area contributed by atoms with Crippen LogP contribution >= 0.6 is 0 Å². The van der Waals surface area contributed by atoms with E-state index in [-0.39, 0.29) is 5.82 Å². The predicted octanol–water partition coefficient (Wildman–Crippen LogP) is 1.79. The lowest BCUT2D eigenvalue weighted by Crippen LogP contribution is -1.94. The lowest BCUT2D eigenvalue weighted by molar-refractivity contribution is 0.403. The first kappa shape index (κ1) is 7.98. The highest BCUT2D eigenvalue weighted by atomic mass is 19.1. The van der Waals surface area contributed by atoms with Gasteiger partial charge >= 0.3 is 0 Å². The third-order valence-electron chi connectivity index (χ3n) is 1.45. The van der Waals surface area contributed by atoms with Crippen LogP contribution in [0.2, 0.25) is 0 Å². The quantitative estimate of drug-likeness (QED) is 0.649. The van der Waals surface area contributed by atoms with Gasteiger partial charge in [-0.1, -0.05) is 6.92 Å². The maximum absolute atomic E-state index is 12.5. The molecule has 0 aromatic carbocycles. The Morgan fingerprint density at radius 2 is 2.36 bits per heavy atom. The summed E-state index contributed by atoms with van der Waals surface area (Å²) in [6.07, 6.45) is 1.95. The predicted molar refractivity (Wildman–Crippen MR) is 40.1 cm³/mol. The number of halogens is 1. The topological polar surface area (TPSA) is 22.1 Å². The van der Waals surface area contributed by atoms with Gasteiger partial charge in [0.2, 0.25) is 0 Å². The molecule has 3 heteroatoms. The highest BCUT2D eigenvalue weighted by Crippen LogP contribution is 2.16. The molecule has 0 saturated carbocycles. The number of hydrogen-bond donors (Lipinski definition) is 0. The summed E-state index contributed by atoms with van der Waals surface area (Å²) in [5, 5.41) is 0. The number of methoxy groups -OCH3 is 1. The van der Waals surface area contributed by atoms with Crippen molar-refractivity contribution in [2.45, 2.75) is 13.3 Å². The lowest BCUT2D eigenvalue weighted by atomic mass is 10.2. The molecule has 0 spiro atoms. The molecule has 1 aromatic rings. The molecule has 0 aliphatic heterocycles. The van der Waals surface area contributed by atoms with Crippen molar-refractivity contribution >= 4 is 0 Å². The Morgan fingerprint density at radius 3 is 2.91 bits per heavy atom. The lowest BCUT2D eigenvalue weighted by Gasteiger charge is -2.03. The molecule has 1 aromatic heterocycles. The zero-order valence-electron chi connectivity index (χ0n) is 6.60. The summed E-state index contributed by atoms with van der Waals surface area (Å²) in [7, 11) is 1.51. The first-order chi connectivity index (χ1) is 5.27. The SMILES string of the molecule is CCc1ncc(F)cc1OC. The van der Waals surface area contributed by atoms with Crippen LogP contribution in [0, 0.1) is 5.82 Å². The van der Waals surface area contributed by atoms with Gasteiger partial charge < -0.3 is 4.74 Å². The molecule has 0 aliphatic rings. The molecular formula is C8H10FNO. The summed E-state index contributed by atoms with van der Waals surface area (Å²) in [5.74, 6) is 0.159. The van der Waals surface area contributed by atoms with Gasteiger partial charge in [0.1, 0.15) is 11.6 Å². The first-order valence-corrected chi connectivity index (χ1v) is 3.46. The molecule has 0 radical (unpaired) electrons. The van der Waals surface area contributed by atoms with E-state index in [0.717, 1.165) is 12.1 Å². The monoisotopic (exact) mass is 155 g/mol. The van der Waals surface area contributed by atoms with Gasteiger partial charge in [-0.3, -0.25) is 4.98 Å². The smallest absolute Gasteiger partial charge is 0.145 e. The minimum Gasteiger partial charge on any atom is -0.495 e. The van der Waals surface area contributed by atoms with Gasteiger partial charge in [0.25, 0.3) is 0 Å². The number of rotatable bonds is 2. The van der Waals surface area contributed by atoms with Crippen molar-refractivity contribution < 1.29 is 9.13 Å². The molecule has 11 heavy (non-hydrogen) atoms. The fourth-order valence-electron chi connectivity index (χ4n) is 0.891. The van der Waals surface area contributed by atoms with Crippen molar-refractivity contribution in [3.63, 3.8) is 0 Å². The van der Waals surface area contributed by atoms with Gasteiger partial charge in [-0.2, -0.15) is 0 Å². The average molecular weight is 155 g/mol. The number of pyridine rings is 1. The molecule has 0 N–H and O–H groups in total. The Kier molecular flexibility index (Phi) is 2.41. The fourth-order valence-corrected chi connectivity index (χ4v) is 0.891. The molecule has 0 amide bonds. The molecule has 0 unspecified atom stereocenters. The first-order valence-electron chi connectivity index (χ1n) is 3.46. The number of aryl methyl sites for hydroxylation is 1. The van der Waals surface area contributed by atoms with E-state index in [4.69, 9.17) is 4.74 Å². The second-order valence-corrected chi connectivity index (χ2v) is 2.16. The molecule has 2 nitrogen and oxygen atoms in total. The maximum Gasteiger partial charge on any atom is 0.145 e. The molecule has 60 valence electrons. The van der Waals surface area contributed by atoms with Crippen molar-refractivity contribution in [3.05, 3.63) is 23.8 Å². The van der Waals surface area contributed by atoms with E-state index >= 15 is 0 Å². The fraction of sp³-hybridized carbons (Fsp3) is 0.375. The maximum atomic E-state index is 12.5. The largest absolute Gasteiger partial charge is 0.495 e. The van der Waals surface area contributed by atoms with Crippen LogP contribution in [-0.4, -0.2) is 12.1 Å². The summed E-state index contributed by atoms with van der Waals surface area (Å²) in [4.78, 5) is 3.87. The van der Waals surface area contributed by atoms with E-state index in [1.165, 1.54) is 19.4 Å². The van der Waals surface area contributed by atoms with Crippen molar-refractivity contribution in [3.8, 4) is 5.75 Å². The van der Waals surface area contributed by atoms with E-state index in [2.05, 4.69) is 4.98 Å². The van der Waals surface area contributed by atoms with Crippen LogP contribution in [0.15, 0.2) is 12.3 Å². The third-order valence-corrected chi connectivity index (χ3v) is 1.45. The molecule has 0 fully saturated rings. The Bertz CT molecular complexity index is 250. The molecule has 0 atom stereocenters. The number of hydrogen-bond acceptors (Lipinski definition) is 2. The third kappa shape index (κ3) is 1.67. The van der Waals surface area contributed by atoms with E-state index in [1.807, 2.05) is 6.92 Å². The number of ether oxygens (including phenoxy) is 1. The van der Waals surface area contributed by atoms with E-state index in [9.17, 15) is 4.39 Å². The Balaban J connectivity index is 3.06. The molecule has 1 rings (SSSR count). The van der Waals surface area contributed by atoms with Crippen molar-refractivity contribution in [1.29, 1.82) is 0 Å². The van der Waals surface area contributed by atoms with Gasteiger partial charge in [-0.05, 0) is 6.42 Å². The highest BCUT2D eigenvalue weighted by Gasteiger charge is 2.02. The van der Waals surface area contributed by atoms with Gasteiger partial charge in [-0.25, -0.2) is 4.39 Å². The summed E-state index contributed by atoms with van der Waals surface area (Å²) in [5.41, 5.74) is 0.786. The van der Waals surface area contributed by atoms with Crippen molar-refractivity contribution in [2.24, 2.45) is 0 Å². The van der Waals surface area contributed by atoms with E-state index in [0.29, 0.717) is 5.75 Å². The highest BCUT2D eigenvalue weighted by molar-refractivity contribution is 5.27. The van der Waals surface area contributed by atoms with Crippen LogP contribution in [0.4, 0.5) is 4.39 Å². The van der Waals surface area contributed by atoms with Crippen LogP contribution in [0.1, 0.15) is 12.6 Å². The minimum atomic E-state index is -0.362. The summed E-state index contributed by atoms with van der Waals surface area (Å²) >= 11 is 0. The molecule has 1 heterocycles. The second kappa shape index (κ2) is 3.32. The van der Waals surface area contributed by atoms with Gasteiger partial charge in [0, 0.05) is 6.07 Å². The Hall–Kier alpha value is -1.12. The van der Waals surface area contributed by atoms with Crippen LogP contribution in [-0.2, 0) is 6.42 Å². The Labute approximate surface area is 65.0 Å². The van der Waals surface area contributed by atoms with Gasteiger partial charge in [0.05, 0.1) is 19.0 Å². The molecule has 0 saturated heterocycles. The molecular weight excluding hydrogens is 145 g/mol. The van der Waals surface area contributed by atoms with Crippen LogP contribution in [0.3, 0.4) is 0 Å². The summed E-state index contributed by atoms with van der Waals surface area (Å²) < 4.78 is 17.4. The molecule has 0 aliphatic carbocycles. The summed E-state index contributed by atoms with van der Waals surface area (Å²) in [6.45, 7) is 1.95. The Morgan fingerprint density at radius 1 is 1.64 bits per heavy atom. The van der Waals surface area contributed by atoms with E-state index < -0.39 is 0 Å². The van der Waals surface area contributed by atoms with Crippen LogP contribution in [0.5, 0.6) is 5.75 Å². The zero-order chi connectivity index (χ0) is 8.27. The van der Waals surface area contributed by atoms with Crippen LogP contribution < -0.4 is 4.74 Å². The molecule has 0 bridgehead atoms. The minimum absolute atomic E-state index is 0.362. The zero-order valence-corrected chi connectivity index (χ0v) is 6.60. The number of aromatic nitrogens is 1. The second-order valence-electron chi connectivity index (χ2n) is 2.16. The summed E-state index contributed by atoms with van der Waals surface area (Å²) in [6, 6.07) is 1.34.